The predicted octanol–water partition coefficient (Wildman–Crippen LogP) is 2.47. The first-order valence-corrected chi connectivity index (χ1v) is 4.45. The van der Waals surface area contributed by atoms with Crippen molar-refractivity contribution in [2.24, 2.45) is 0 Å². The van der Waals surface area contributed by atoms with Crippen molar-refractivity contribution in [3.8, 4) is 0 Å². The van der Waals surface area contributed by atoms with Gasteiger partial charge in [-0.25, -0.2) is 0 Å². The van der Waals surface area contributed by atoms with Gasteiger partial charge in [0.15, 0.2) is 0 Å². The van der Waals surface area contributed by atoms with Crippen molar-refractivity contribution < 1.29 is 5.11 Å². The van der Waals surface area contributed by atoms with E-state index in [9.17, 15) is 5.11 Å². The Bertz CT molecular complexity index is 282. The Morgan fingerprint density at radius 3 is 2.38 bits per heavy atom. The number of hydrogen-bond acceptors (Lipinski definition) is 1. The molecule has 1 nitrogen and oxygen atoms in total. The zero-order valence-electron chi connectivity index (χ0n) is 8.25. The number of benzene rings is 1. The van der Waals surface area contributed by atoms with Crippen LogP contribution >= 0.6 is 0 Å². The second-order valence-electron chi connectivity index (χ2n) is 3.72. The molecule has 0 aliphatic heterocycles. The van der Waals surface area contributed by atoms with Crippen LogP contribution in [0.15, 0.2) is 36.9 Å². The number of aryl methyl sites for hydroxylation is 1. The Hall–Kier alpha value is -1.08. The molecule has 0 amide bonds. The number of aliphatic hydroxyl groups is 1. The molecule has 1 aromatic rings. The fourth-order valence-corrected chi connectivity index (χ4v) is 1.19. The Morgan fingerprint density at radius 2 is 1.92 bits per heavy atom. The van der Waals surface area contributed by atoms with Gasteiger partial charge < -0.3 is 5.11 Å². The van der Waals surface area contributed by atoms with Crippen LogP contribution in [0.1, 0.15) is 18.1 Å². The monoisotopic (exact) mass is 176 g/mol. The van der Waals surface area contributed by atoms with Gasteiger partial charge in [-0.05, 0) is 19.4 Å². The fraction of sp³-hybridized carbons (Fsp3) is 0.333. The molecule has 0 heterocycles. The fourth-order valence-electron chi connectivity index (χ4n) is 1.19. The van der Waals surface area contributed by atoms with E-state index in [1.54, 1.807) is 13.0 Å². The molecule has 0 aromatic heterocycles. The maximum atomic E-state index is 9.73. The Labute approximate surface area is 79.7 Å². The molecule has 0 saturated heterocycles. The SMILES string of the molecule is C=CC(C)(O)Cc1ccc(C)cc1. The van der Waals surface area contributed by atoms with Crippen LogP contribution in [0.5, 0.6) is 0 Å². The molecular formula is C12H16O. The first-order chi connectivity index (χ1) is 6.03. The normalized spacial score (nSPS) is 15.0. The molecule has 1 aromatic carbocycles. The van der Waals surface area contributed by atoms with Crippen LogP contribution in [0.3, 0.4) is 0 Å². The maximum Gasteiger partial charge on any atom is 0.0837 e. The summed E-state index contributed by atoms with van der Waals surface area (Å²) < 4.78 is 0. The van der Waals surface area contributed by atoms with E-state index in [1.807, 2.05) is 12.1 Å². The summed E-state index contributed by atoms with van der Waals surface area (Å²) in [6, 6.07) is 8.17. The van der Waals surface area contributed by atoms with Gasteiger partial charge in [-0.15, -0.1) is 6.58 Å². The lowest BCUT2D eigenvalue weighted by Gasteiger charge is -2.18. The van der Waals surface area contributed by atoms with Crippen LogP contribution in [-0.4, -0.2) is 10.7 Å². The second kappa shape index (κ2) is 3.75. The van der Waals surface area contributed by atoms with Crippen LogP contribution in [0, 0.1) is 6.92 Å². The molecule has 0 saturated carbocycles. The molecule has 0 spiro atoms. The third-order valence-electron chi connectivity index (χ3n) is 2.12. The highest BCUT2D eigenvalue weighted by Gasteiger charge is 2.15. The van der Waals surface area contributed by atoms with Gasteiger partial charge in [0.1, 0.15) is 0 Å². The summed E-state index contributed by atoms with van der Waals surface area (Å²) in [5.41, 5.74) is 1.58. The molecule has 1 rings (SSSR count). The molecule has 0 aliphatic rings. The highest BCUT2D eigenvalue weighted by molar-refractivity contribution is 5.23. The summed E-state index contributed by atoms with van der Waals surface area (Å²) in [5, 5.41) is 9.73. The van der Waals surface area contributed by atoms with E-state index in [4.69, 9.17) is 0 Å². The zero-order valence-corrected chi connectivity index (χ0v) is 8.25. The second-order valence-corrected chi connectivity index (χ2v) is 3.72. The highest BCUT2D eigenvalue weighted by atomic mass is 16.3. The minimum Gasteiger partial charge on any atom is -0.386 e. The third-order valence-corrected chi connectivity index (χ3v) is 2.12. The molecule has 1 heteroatoms. The summed E-state index contributed by atoms with van der Waals surface area (Å²) in [5.74, 6) is 0. The van der Waals surface area contributed by atoms with Crippen molar-refractivity contribution in [2.45, 2.75) is 25.9 Å². The van der Waals surface area contributed by atoms with Gasteiger partial charge in [0.05, 0.1) is 5.60 Å². The molecule has 0 radical (unpaired) electrons. The standard InChI is InChI=1S/C12H16O/c1-4-12(3,13)9-11-7-5-10(2)6-8-11/h4-8,13H,1,9H2,2-3H3. The zero-order chi connectivity index (χ0) is 9.90. The molecule has 1 N–H and O–H groups in total. The van der Waals surface area contributed by atoms with E-state index < -0.39 is 5.60 Å². The van der Waals surface area contributed by atoms with Gasteiger partial charge in [-0.1, -0.05) is 35.9 Å². The van der Waals surface area contributed by atoms with Crippen LogP contribution in [0.2, 0.25) is 0 Å². The van der Waals surface area contributed by atoms with Crippen LogP contribution in [0.25, 0.3) is 0 Å². The van der Waals surface area contributed by atoms with E-state index in [1.165, 1.54) is 5.56 Å². The molecule has 70 valence electrons. The smallest absolute Gasteiger partial charge is 0.0837 e. The average molecular weight is 176 g/mol. The summed E-state index contributed by atoms with van der Waals surface area (Å²) in [7, 11) is 0. The molecule has 1 unspecified atom stereocenters. The largest absolute Gasteiger partial charge is 0.386 e. The maximum absolute atomic E-state index is 9.73. The van der Waals surface area contributed by atoms with E-state index >= 15 is 0 Å². The van der Waals surface area contributed by atoms with Crippen molar-refractivity contribution in [1.82, 2.24) is 0 Å². The lowest BCUT2D eigenvalue weighted by atomic mass is 9.96. The summed E-state index contributed by atoms with van der Waals surface area (Å²) in [4.78, 5) is 0. The molecule has 1 atom stereocenters. The Kier molecular flexibility index (Phi) is 2.89. The number of rotatable bonds is 3. The highest BCUT2D eigenvalue weighted by Crippen LogP contribution is 2.14. The Morgan fingerprint density at radius 1 is 1.38 bits per heavy atom. The van der Waals surface area contributed by atoms with Gasteiger partial charge >= 0.3 is 0 Å². The van der Waals surface area contributed by atoms with Crippen LogP contribution < -0.4 is 0 Å². The van der Waals surface area contributed by atoms with Crippen LogP contribution in [0.4, 0.5) is 0 Å². The summed E-state index contributed by atoms with van der Waals surface area (Å²) in [6.07, 6.45) is 2.20. The van der Waals surface area contributed by atoms with Gasteiger partial charge in [0, 0.05) is 6.42 Å². The van der Waals surface area contributed by atoms with Crippen molar-refractivity contribution in [1.29, 1.82) is 0 Å². The van der Waals surface area contributed by atoms with Crippen LogP contribution in [-0.2, 0) is 6.42 Å². The van der Waals surface area contributed by atoms with E-state index in [0.29, 0.717) is 6.42 Å². The van der Waals surface area contributed by atoms with Gasteiger partial charge in [-0.3, -0.25) is 0 Å². The van der Waals surface area contributed by atoms with Gasteiger partial charge in [0.2, 0.25) is 0 Å². The first kappa shape index (κ1) is 10.0. The molecular weight excluding hydrogens is 160 g/mol. The van der Waals surface area contributed by atoms with E-state index in [-0.39, 0.29) is 0 Å². The van der Waals surface area contributed by atoms with Gasteiger partial charge in [-0.2, -0.15) is 0 Å². The minimum absolute atomic E-state index is 0.622. The summed E-state index contributed by atoms with van der Waals surface area (Å²) >= 11 is 0. The topological polar surface area (TPSA) is 20.2 Å². The van der Waals surface area contributed by atoms with Crippen molar-refractivity contribution in [3.63, 3.8) is 0 Å². The predicted molar refractivity (Wildman–Crippen MR) is 55.7 cm³/mol. The lowest BCUT2D eigenvalue weighted by Crippen LogP contribution is -2.23. The first-order valence-electron chi connectivity index (χ1n) is 4.45. The lowest BCUT2D eigenvalue weighted by molar-refractivity contribution is 0.113. The minimum atomic E-state index is -0.796. The third kappa shape index (κ3) is 3.03. The van der Waals surface area contributed by atoms with Crippen molar-refractivity contribution in [3.05, 3.63) is 48.0 Å². The molecule has 0 bridgehead atoms. The average Bonchev–Trinajstić information content (AvgIpc) is 2.09. The quantitative estimate of drug-likeness (QED) is 0.701. The van der Waals surface area contributed by atoms with E-state index in [2.05, 4.69) is 25.6 Å². The molecule has 13 heavy (non-hydrogen) atoms. The summed E-state index contributed by atoms with van der Waals surface area (Å²) in [6.45, 7) is 7.41. The number of hydrogen-bond donors (Lipinski definition) is 1. The molecule has 0 aliphatic carbocycles. The Balaban J connectivity index is 2.75. The van der Waals surface area contributed by atoms with E-state index in [0.717, 1.165) is 5.56 Å². The molecule has 0 fully saturated rings. The van der Waals surface area contributed by atoms with Crippen molar-refractivity contribution in [2.75, 3.05) is 0 Å². The van der Waals surface area contributed by atoms with Gasteiger partial charge in [0.25, 0.3) is 0 Å². The van der Waals surface area contributed by atoms with Crippen molar-refractivity contribution >= 4 is 0 Å².